The van der Waals surface area contributed by atoms with Gasteiger partial charge >= 0.3 is 0 Å². The molecule has 0 radical (unpaired) electrons. The molecule has 0 saturated carbocycles. The van der Waals surface area contributed by atoms with Gasteiger partial charge in [-0.2, -0.15) is 0 Å². The number of hydrogen-bond donors (Lipinski definition) is 0. The molecule has 2 aromatic rings. The summed E-state index contributed by atoms with van der Waals surface area (Å²) >= 11 is 0. The predicted octanol–water partition coefficient (Wildman–Crippen LogP) is 5.75. The van der Waals surface area contributed by atoms with E-state index in [2.05, 4.69) is 63.1 Å². The lowest BCUT2D eigenvalue weighted by Crippen LogP contribution is -2.23. The van der Waals surface area contributed by atoms with E-state index in [9.17, 15) is 0 Å². The number of methoxy groups -OCH3 is 1. The second-order valence-corrected chi connectivity index (χ2v) is 6.12. The fourth-order valence-corrected chi connectivity index (χ4v) is 3.66. The molecule has 120 valence electrons. The molecule has 22 heavy (non-hydrogen) atoms. The lowest BCUT2D eigenvalue weighted by Gasteiger charge is -2.25. The van der Waals surface area contributed by atoms with Crippen LogP contribution in [0.15, 0.2) is 30.8 Å². The van der Waals surface area contributed by atoms with Gasteiger partial charge in [-0.1, -0.05) is 45.0 Å². The van der Waals surface area contributed by atoms with Crippen LogP contribution in [-0.4, -0.2) is 17.8 Å². The van der Waals surface area contributed by atoms with Crippen molar-refractivity contribution in [3.05, 3.63) is 42.1 Å². The summed E-state index contributed by atoms with van der Waals surface area (Å²) in [5.41, 5.74) is 5.17. The topological polar surface area (TPSA) is 14.2 Å². The van der Waals surface area contributed by atoms with Crippen LogP contribution in [0.4, 0.5) is 0 Å². The van der Waals surface area contributed by atoms with E-state index >= 15 is 0 Å². The van der Waals surface area contributed by atoms with Gasteiger partial charge in [-0.15, -0.1) is 0 Å². The van der Waals surface area contributed by atoms with Crippen molar-refractivity contribution in [2.45, 2.75) is 59.1 Å². The molecule has 2 unspecified atom stereocenters. The van der Waals surface area contributed by atoms with Crippen molar-refractivity contribution in [3.8, 4) is 0 Å². The van der Waals surface area contributed by atoms with Gasteiger partial charge < -0.3 is 9.30 Å². The molecule has 0 amide bonds. The van der Waals surface area contributed by atoms with E-state index in [-0.39, 0.29) is 6.10 Å². The average Bonchev–Trinajstić information content (AvgIpc) is 2.80. The summed E-state index contributed by atoms with van der Waals surface area (Å²) in [5, 5.41) is 1.32. The highest BCUT2D eigenvalue weighted by atomic mass is 16.5. The third-order valence-electron chi connectivity index (χ3n) is 4.71. The molecule has 0 aliphatic rings. The second kappa shape index (κ2) is 7.15. The van der Waals surface area contributed by atoms with Crippen LogP contribution in [0.5, 0.6) is 0 Å². The van der Waals surface area contributed by atoms with Gasteiger partial charge in [-0.3, -0.25) is 0 Å². The smallest absolute Gasteiger partial charge is 0.0773 e. The van der Waals surface area contributed by atoms with Crippen LogP contribution < -0.4 is 0 Å². The van der Waals surface area contributed by atoms with Crippen LogP contribution in [-0.2, 0) is 4.74 Å². The standard InChI is InChI=1S/C20H29NO/c1-7-11-14(3)20-16(5)21(15(4)19(8-2)22-6)18-13-10-9-12-17(18)20/h9-10,12-13,15,19H,3,7-8,11H2,1-2,4-6H3. The Morgan fingerprint density at radius 3 is 2.55 bits per heavy atom. The number of ether oxygens (including phenoxy) is 1. The normalized spacial score (nSPS) is 14.2. The van der Waals surface area contributed by atoms with Crippen LogP contribution in [0.2, 0.25) is 0 Å². The first-order chi connectivity index (χ1) is 10.6. The van der Waals surface area contributed by atoms with Gasteiger partial charge in [0.2, 0.25) is 0 Å². The highest BCUT2D eigenvalue weighted by Gasteiger charge is 2.23. The number of hydrogen-bond acceptors (Lipinski definition) is 1. The first-order valence-electron chi connectivity index (χ1n) is 8.37. The molecule has 2 nitrogen and oxygen atoms in total. The van der Waals surface area contributed by atoms with Crippen LogP contribution in [0, 0.1) is 6.92 Å². The second-order valence-electron chi connectivity index (χ2n) is 6.12. The van der Waals surface area contributed by atoms with Crippen LogP contribution in [0.25, 0.3) is 16.5 Å². The Bertz CT molecular complexity index is 649. The molecule has 2 heteroatoms. The summed E-state index contributed by atoms with van der Waals surface area (Å²) in [6.07, 6.45) is 3.41. The molecule has 1 aromatic heterocycles. The first kappa shape index (κ1) is 16.8. The zero-order chi connectivity index (χ0) is 16.3. The Kier molecular flexibility index (Phi) is 5.47. The number of fused-ring (bicyclic) bond motifs is 1. The maximum absolute atomic E-state index is 5.69. The molecule has 0 N–H and O–H groups in total. The molecule has 2 atom stereocenters. The molecule has 0 fully saturated rings. The average molecular weight is 299 g/mol. The first-order valence-corrected chi connectivity index (χ1v) is 8.37. The Hall–Kier alpha value is -1.54. The molecular weight excluding hydrogens is 270 g/mol. The summed E-state index contributed by atoms with van der Waals surface area (Å²) in [7, 11) is 1.81. The van der Waals surface area contributed by atoms with E-state index in [1.54, 1.807) is 0 Å². The minimum Gasteiger partial charge on any atom is -0.379 e. The third-order valence-corrected chi connectivity index (χ3v) is 4.71. The van der Waals surface area contributed by atoms with Gasteiger partial charge in [0, 0.05) is 29.3 Å². The highest BCUT2D eigenvalue weighted by molar-refractivity contribution is 5.94. The highest BCUT2D eigenvalue weighted by Crippen LogP contribution is 2.36. The largest absolute Gasteiger partial charge is 0.379 e. The fraction of sp³-hybridized carbons (Fsp3) is 0.500. The van der Waals surface area contributed by atoms with Crippen molar-refractivity contribution in [1.29, 1.82) is 0 Å². The molecule has 2 rings (SSSR count). The fourth-order valence-electron chi connectivity index (χ4n) is 3.66. The summed E-state index contributed by atoms with van der Waals surface area (Å²) in [6.45, 7) is 13.2. The van der Waals surface area contributed by atoms with Gasteiger partial charge in [0.15, 0.2) is 0 Å². The zero-order valence-corrected chi connectivity index (χ0v) is 14.6. The lowest BCUT2D eigenvalue weighted by molar-refractivity contribution is 0.0606. The van der Waals surface area contributed by atoms with Crippen molar-refractivity contribution in [2.24, 2.45) is 0 Å². The number of nitrogens with zero attached hydrogens (tertiary/aromatic N) is 1. The molecule has 0 aliphatic heterocycles. The Balaban J connectivity index is 2.65. The van der Waals surface area contributed by atoms with Crippen molar-refractivity contribution < 1.29 is 4.74 Å². The van der Waals surface area contributed by atoms with Crippen molar-refractivity contribution in [3.63, 3.8) is 0 Å². The van der Waals surface area contributed by atoms with E-state index in [1.807, 2.05) is 7.11 Å². The van der Waals surface area contributed by atoms with Gasteiger partial charge in [0.05, 0.1) is 12.1 Å². The van der Waals surface area contributed by atoms with E-state index in [4.69, 9.17) is 4.74 Å². The Morgan fingerprint density at radius 1 is 1.27 bits per heavy atom. The quantitative estimate of drug-likeness (QED) is 0.635. The van der Waals surface area contributed by atoms with Crippen LogP contribution in [0.3, 0.4) is 0 Å². The summed E-state index contributed by atoms with van der Waals surface area (Å²) in [4.78, 5) is 0. The lowest BCUT2D eigenvalue weighted by atomic mass is 10.00. The van der Waals surface area contributed by atoms with E-state index in [1.165, 1.54) is 27.7 Å². The van der Waals surface area contributed by atoms with Gasteiger partial charge in [-0.25, -0.2) is 0 Å². The summed E-state index contributed by atoms with van der Waals surface area (Å²) < 4.78 is 8.13. The molecule has 1 aromatic carbocycles. The van der Waals surface area contributed by atoms with E-state index in [0.717, 1.165) is 19.3 Å². The van der Waals surface area contributed by atoms with Crippen LogP contribution >= 0.6 is 0 Å². The minimum absolute atomic E-state index is 0.224. The predicted molar refractivity (Wildman–Crippen MR) is 96.4 cm³/mol. The Morgan fingerprint density at radius 2 is 1.95 bits per heavy atom. The molecule has 0 saturated heterocycles. The number of aromatic nitrogens is 1. The zero-order valence-electron chi connectivity index (χ0n) is 14.6. The Labute approximate surface area is 134 Å². The molecule has 0 aliphatic carbocycles. The van der Waals surface area contributed by atoms with Gasteiger partial charge in [0.1, 0.15) is 0 Å². The van der Waals surface area contributed by atoms with Crippen LogP contribution in [0.1, 0.15) is 57.3 Å². The van der Waals surface area contributed by atoms with E-state index in [0.29, 0.717) is 6.04 Å². The third kappa shape index (κ3) is 2.85. The number of para-hydroxylation sites is 1. The number of allylic oxidation sites excluding steroid dienone is 1. The number of benzene rings is 1. The van der Waals surface area contributed by atoms with Crippen molar-refractivity contribution in [1.82, 2.24) is 4.57 Å². The maximum atomic E-state index is 5.69. The van der Waals surface area contributed by atoms with E-state index < -0.39 is 0 Å². The maximum Gasteiger partial charge on any atom is 0.0773 e. The minimum atomic E-state index is 0.224. The van der Waals surface area contributed by atoms with Crippen molar-refractivity contribution >= 4 is 16.5 Å². The molecule has 0 spiro atoms. The molecule has 0 bridgehead atoms. The van der Waals surface area contributed by atoms with Gasteiger partial charge in [0.25, 0.3) is 0 Å². The number of rotatable bonds is 7. The SMILES string of the molecule is C=C(CCC)c1c(C)n(C(C)C(CC)OC)c2ccccc12. The summed E-state index contributed by atoms with van der Waals surface area (Å²) in [5.74, 6) is 0. The molecule has 1 heterocycles. The molecular formula is C20H29NO. The van der Waals surface area contributed by atoms with Gasteiger partial charge in [-0.05, 0) is 38.3 Å². The van der Waals surface area contributed by atoms with Crippen molar-refractivity contribution in [2.75, 3.05) is 7.11 Å². The monoisotopic (exact) mass is 299 g/mol. The summed E-state index contributed by atoms with van der Waals surface area (Å²) in [6, 6.07) is 8.97.